The van der Waals surface area contributed by atoms with Crippen molar-refractivity contribution < 1.29 is 24.2 Å². The first-order chi connectivity index (χ1) is 18.1. The van der Waals surface area contributed by atoms with Crippen molar-refractivity contribution in [2.75, 3.05) is 13.2 Å². The van der Waals surface area contributed by atoms with Crippen molar-refractivity contribution in [2.24, 2.45) is 0 Å². The van der Waals surface area contributed by atoms with E-state index in [4.69, 9.17) is 32.7 Å². The average molecular weight is 556 g/mol. The molecule has 0 aromatic heterocycles. The summed E-state index contributed by atoms with van der Waals surface area (Å²) >= 11 is 12.3. The minimum atomic E-state index is -0.921. The van der Waals surface area contributed by atoms with E-state index in [1.165, 1.54) is 0 Å². The van der Waals surface area contributed by atoms with Crippen molar-refractivity contribution in [3.05, 3.63) is 98.0 Å². The summed E-state index contributed by atoms with van der Waals surface area (Å²) in [5.74, 6) is -0.735. The molecule has 0 bridgehead atoms. The van der Waals surface area contributed by atoms with E-state index < -0.39 is 11.5 Å². The monoisotopic (exact) mass is 555 g/mol. The predicted octanol–water partition coefficient (Wildman–Crippen LogP) is 6.64. The Labute approximate surface area is 232 Å². The van der Waals surface area contributed by atoms with Crippen LogP contribution in [0.3, 0.4) is 0 Å². The zero-order valence-electron chi connectivity index (χ0n) is 21.5. The number of hydrogen-bond donors (Lipinski definition) is 2. The number of carbonyl (C=O) groups is 2. The van der Waals surface area contributed by atoms with E-state index in [1.807, 2.05) is 19.9 Å². The Bertz CT molecular complexity index is 1310. The maximum Gasteiger partial charge on any atom is 0.303 e. The van der Waals surface area contributed by atoms with E-state index in [0.29, 0.717) is 53.0 Å². The molecule has 200 valence electrons. The summed E-state index contributed by atoms with van der Waals surface area (Å²) < 4.78 is 11.5. The molecule has 1 heterocycles. The molecule has 0 atom stereocenters. The molecule has 3 aromatic carbocycles. The van der Waals surface area contributed by atoms with Gasteiger partial charge in [-0.2, -0.15) is 0 Å². The topological polar surface area (TPSA) is 84.9 Å². The van der Waals surface area contributed by atoms with Gasteiger partial charge in [0.15, 0.2) is 0 Å². The highest BCUT2D eigenvalue weighted by Crippen LogP contribution is 2.34. The van der Waals surface area contributed by atoms with Gasteiger partial charge >= 0.3 is 5.97 Å². The van der Waals surface area contributed by atoms with Crippen LogP contribution >= 0.6 is 23.2 Å². The maximum atomic E-state index is 13.9. The summed E-state index contributed by atoms with van der Waals surface area (Å²) in [5, 5.41) is 13.5. The molecule has 0 aliphatic carbocycles. The Hall–Kier alpha value is -3.06. The van der Waals surface area contributed by atoms with Crippen molar-refractivity contribution in [3.8, 4) is 5.75 Å². The number of carboxylic acid groups (broad SMARTS) is 1. The van der Waals surface area contributed by atoms with E-state index in [-0.39, 0.29) is 25.4 Å². The second kappa shape index (κ2) is 12.2. The largest absolute Gasteiger partial charge is 0.487 e. The molecule has 0 spiro atoms. The molecule has 8 heteroatoms. The summed E-state index contributed by atoms with van der Waals surface area (Å²) in [7, 11) is 0. The SMILES string of the molecule is Cc1cc(C)cc(C2(NC(=O)c3cc(COc4cc(Cl)ccc4Cl)ccc3CCC(=O)O)CCOCC2)c1. The number of aryl methyl sites for hydroxylation is 3. The Morgan fingerprint density at radius 1 is 1.00 bits per heavy atom. The van der Waals surface area contributed by atoms with Crippen LogP contribution in [0.15, 0.2) is 54.6 Å². The number of rotatable bonds is 9. The van der Waals surface area contributed by atoms with Crippen molar-refractivity contribution in [2.45, 2.75) is 51.7 Å². The molecule has 2 N–H and O–H groups in total. The molecule has 1 amide bonds. The van der Waals surface area contributed by atoms with Gasteiger partial charge in [-0.05, 0) is 68.0 Å². The fourth-order valence-electron chi connectivity index (χ4n) is 4.87. The Morgan fingerprint density at radius 2 is 1.71 bits per heavy atom. The predicted molar refractivity (Wildman–Crippen MR) is 148 cm³/mol. The highest BCUT2D eigenvalue weighted by molar-refractivity contribution is 6.34. The van der Waals surface area contributed by atoms with Crippen LogP contribution in [0.5, 0.6) is 5.75 Å². The number of ether oxygens (including phenoxy) is 2. The molecular formula is C30H31Cl2NO5. The van der Waals surface area contributed by atoms with Crippen LogP contribution in [0.4, 0.5) is 0 Å². The van der Waals surface area contributed by atoms with Gasteiger partial charge in [0.2, 0.25) is 0 Å². The van der Waals surface area contributed by atoms with E-state index in [0.717, 1.165) is 22.3 Å². The lowest BCUT2D eigenvalue weighted by molar-refractivity contribution is -0.136. The second-order valence-electron chi connectivity index (χ2n) is 9.77. The number of aliphatic carboxylic acids is 1. The molecule has 1 fully saturated rings. The van der Waals surface area contributed by atoms with Crippen LogP contribution in [0.1, 0.15) is 57.4 Å². The molecule has 6 nitrogen and oxygen atoms in total. The third-order valence-electron chi connectivity index (χ3n) is 6.79. The lowest BCUT2D eigenvalue weighted by Crippen LogP contribution is -2.49. The quantitative estimate of drug-likeness (QED) is 0.309. The second-order valence-corrected chi connectivity index (χ2v) is 10.6. The molecule has 1 saturated heterocycles. The zero-order valence-corrected chi connectivity index (χ0v) is 23.0. The number of carbonyl (C=O) groups excluding carboxylic acids is 1. The van der Waals surface area contributed by atoms with Crippen LogP contribution in [-0.2, 0) is 28.1 Å². The van der Waals surface area contributed by atoms with Crippen LogP contribution in [0.2, 0.25) is 10.0 Å². The molecule has 0 radical (unpaired) electrons. The van der Waals surface area contributed by atoms with E-state index in [1.54, 1.807) is 30.3 Å². The summed E-state index contributed by atoms with van der Waals surface area (Å²) in [6.45, 7) is 5.33. The Kier molecular flexibility index (Phi) is 8.98. The minimum Gasteiger partial charge on any atom is -0.487 e. The number of amides is 1. The summed E-state index contributed by atoms with van der Waals surface area (Å²) in [5.41, 5.74) is 4.56. The van der Waals surface area contributed by atoms with E-state index in [2.05, 4.69) is 23.5 Å². The standard InChI is InChI=1S/C30H31Cl2NO5/c1-19-13-20(2)15-23(14-19)30(9-11-37-12-10-30)33-29(36)25-16-21(3-4-22(25)5-8-28(34)35)18-38-27-17-24(31)6-7-26(27)32/h3-4,6-7,13-17H,5,8-12,18H2,1-2H3,(H,33,36)(H,34,35). The highest BCUT2D eigenvalue weighted by Gasteiger charge is 2.37. The van der Waals surface area contributed by atoms with Crippen molar-refractivity contribution in [3.63, 3.8) is 0 Å². The number of benzene rings is 3. The molecule has 4 rings (SSSR count). The molecule has 0 saturated carbocycles. The van der Waals surface area contributed by atoms with Gasteiger partial charge < -0.3 is 19.9 Å². The molecule has 1 aliphatic rings. The molecular weight excluding hydrogens is 525 g/mol. The smallest absolute Gasteiger partial charge is 0.303 e. The third-order valence-corrected chi connectivity index (χ3v) is 7.34. The van der Waals surface area contributed by atoms with Gasteiger partial charge in [0.05, 0.1) is 10.6 Å². The zero-order chi connectivity index (χ0) is 27.3. The fourth-order valence-corrected chi connectivity index (χ4v) is 5.21. The van der Waals surface area contributed by atoms with Crippen LogP contribution in [0.25, 0.3) is 0 Å². The van der Waals surface area contributed by atoms with Gasteiger partial charge in [0.25, 0.3) is 5.91 Å². The van der Waals surface area contributed by atoms with Crippen LogP contribution in [0, 0.1) is 13.8 Å². The third kappa shape index (κ3) is 6.87. The molecule has 38 heavy (non-hydrogen) atoms. The lowest BCUT2D eigenvalue weighted by Gasteiger charge is -2.39. The molecule has 1 aliphatic heterocycles. The van der Waals surface area contributed by atoms with Gasteiger partial charge in [0.1, 0.15) is 12.4 Å². The van der Waals surface area contributed by atoms with Crippen LogP contribution in [-0.4, -0.2) is 30.2 Å². The molecule has 0 unspecified atom stereocenters. The number of hydrogen-bond acceptors (Lipinski definition) is 4. The van der Waals surface area contributed by atoms with Gasteiger partial charge in [-0.1, -0.05) is 64.7 Å². The first-order valence-corrected chi connectivity index (χ1v) is 13.3. The van der Waals surface area contributed by atoms with Gasteiger partial charge in [-0.15, -0.1) is 0 Å². The first-order valence-electron chi connectivity index (χ1n) is 12.6. The van der Waals surface area contributed by atoms with Crippen molar-refractivity contribution in [1.82, 2.24) is 5.32 Å². The lowest BCUT2D eigenvalue weighted by atomic mass is 9.81. The Balaban J connectivity index is 1.65. The van der Waals surface area contributed by atoms with Gasteiger partial charge in [-0.25, -0.2) is 0 Å². The minimum absolute atomic E-state index is 0.0791. The van der Waals surface area contributed by atoms with Gasteiger partial charge in [0, 0.05) is 36.3 Å². The summed E-state index contributed by atoms with van der Waals surface area (Å²) in [6.07, 6.45) is 1.44. The normalized spacial score (nSPS) is 14.6. The highest BCUT2D eigenvalue weighted by atomic mass is 35.5. The van der Waals surface area contributed by atoms with Crippen LogP contribution < -0.4 is 10.1 Å². The average Bonchev–Trinajstić information content (AvgIpc) is 2.88. The first kappa shape index (κ1) is 28.0. The van der Waals surface area contributed by atoms with Gasteiger partial charge in [-0.3, -0.25) is 9.59 Å². The number of halogens is 2. The fraction of sp³-hybridized carbons (Fsp3) is 0.333. The Morgan fingerprint density at radius 3 is 2.39 bits per heavy atom. The summed E-state index contributed by atoms with van der Waals surface area (Å²) in [6, 6.07) is 16.7. The van der Waals surface area contributed by atoms with E-state index >= 15 is 0 Å². The number of carboxylic acids is 1. The summed E-state index contributed by atoms with van der Waals surface area (Å²) in [4.78, 5) is 25.2. The maximum absolute atomic E-state index is 13.9. The number of nitrogens with one attached hydrogen (secondary N) is 1. The van der Waals surface area contributed by atoms with E-state index in [9.17, 15) is 14.7 Å². The van der Waals surface area contributed by atoms with Crippen molar-refractivity contribution >= 4 is 35.1 Å². The van der Waals surface area contributed by atoms with Crippen molar-refractivity contribution in [1.29, 1.82) is 0 Å². The molecule has 3 aromatic rings.